The van der Waals surface area contributed by atoms with Crippen molar-refractivity contribution in [3.05, 3.63) is 35.9 Å². The number of nitrogens with one attached hydrogen (secondary N) is 1. The van der Waals surface area contributed by atoms with Crippen LogP contribution in [0.25, 0.3) is 0 Å². The Morgan fingerprint density at radius 3 is 2.79 bits per heavy atom. The second-order valence-corrected chi connectivity index (χ2v) is 5.99. The van der Waals surface area contributed by atoms with E-state index >= 15 is 0 Å². The molecule has 0 radical (unpaired) electrons. The molecule has 1 atom stereocenters. The van der Waals surface area contributed by atoms with Crippen LogP contribution in [-0.4, -0.2) is 45.7 Å². The quantitative estimate of drug-likeness (QED) is 0.776. The summed E-state index contributed by atoms with van der Waals surface area (Å²) in [6.07, 6.45) is -0.157. The molecule has 1 fully saturated rings. The molecule has 1 unspecified atom stereocenters. The highest BCUT2D eigenvalue weighted by atomic mass is 32.2. The first-order valence-corrected chi connectivity index (χ1v) is 7.73. The minimum atomic E-state index is -3.65. The maximum atomic E-state index is 10.8. The van der Waals surface area contributed by atoms with Crippen LogP contribution in [0.5, 0.6) is 0 Å². The van der Waals surface area contributed by atoms with Crippen molar-refractivity contribution in [2.45, 2.75) is 12.6 Å². The molecule has 1 saturated heterocycles. The van der Waals surface area contributed by atoms with E-state index in [0.29, 0.717) is 13.2 Å². The lowest BCUT2D eigenvalue weighted by Crippen LogP contribution is -2.48. The van der Waals surface area contributed by atoms with Crippen LogP contribution in [0, 0.1) is 0 Å². The summed E-state index contributed by atoms with van der Waals surface area (Å²) in [5.41, 5.74) is 1.24. The van der Waals surface area contributed by atoms with E-state index < -0.39 is 10.2 Å². The highest BCUT2D eigenvalue weighted by Gasteiger charge is 2.21. The standard InChI is InChI=1S/C12H19N3O3S/c13-19(16,17)14-8-12-10-15(6-7-18-12)9-11-4-2-1-3-5-11/h1-5,12,14H,6-10H2,(H2,13,16,17). The van der Waals surface area contributed by atoms with Gasteiger partial charge in [-0.2, -0.15) is 13.1 Å². The number of hydrogen-bond donors (Lipinski definition) is 2. The number of ether oxygens (including phenoxy) is 1. The molecule has 1 aromatic rings. The SMILES string of the molecule is NS(=O)(=O)NCC1CN(Cc2ccccc2)CCO1. The number of hydrogen-bond acceptors (Lipinski definition) is 4. The number of nitrogens with two attached hydrogens (primary N) is 1. The van der Waals surface area contributed by atoms with Gasteiger partial charge in [0.15, 0.2) is 0 Å². The summed E-state index contributed by atoms with van der Waals surface area (Å²) in [6.45, 7) is 3.20. The molecular formula is C12H19N3O3S. The molecule has 1 aliphatic rings. The molecule has 2 rings (SSSR count). The minimum Gasteiger partial charge on any atom is -0.374 e. The average Bonchev–Trinajstić information content (AvgIpc) is 2.37. The maximum absolute atomic E-state index is 10.8. The smallest absolute Gasteiger partial charge is 0.274 e. The van der Waals surface area contributed by atoms with Crippen LogP contribution in [0.3, 0.4) is 0 Å². The molecule has 0 aromatic heterocycles. The lowest BCUT2D eigenvalue weighted by atomic mass is 10.2. The molecule has 0 spiro atoms. The highest BCUT2D eigenvalue weighted by molar-refractivity contribution is 7.87. The van der Waals surface area contributed by atoms with Gasteiger partial charge in [-0.15, -0.1) is 0 Å². The molecule has 0 bridgehead atoms. The van der Waals surface area contributed by atoms with E-state index in [-0.39, 0.29) is 12.6 Å². The van der Waals surface area contributed by atoms with Crippen molar-refractivity contribution in [2.24, 2.45) is 5.14 Å². The lowest BCUT2D eigenvalue weighted by molar-refractivity contribution is -0.0276. The van der Waals surface area contributed by atoms with Crippen molar-refractivity contribution >= 4 is 10.2 Å². The van der Waals surface area contributed by atoms with E-state index in [0.717, 1.165) is 13.1 Å². The van der Waals surface area contributed by atoms with E-state index in [1.807, 2.05) is 18.2 Å². The summed E-state index contributed by atoms with van der Waals surface area (Å²) >= 11 is 0. The monoisotopic (exact) mass is 285 g/mol. The van der Waals surface area contributed by atoms with Gasteiger partial charge in [0.1, 0.15) is 0 Å². The van der Waals surface area contributed by atoms with Gasteiger partial charge in [0.2, 0.25) is 0 Å². The van der Waals surface area contributed by atoms with Crippen LogP contribution in [-0.2, 0) is 21.5 Å². The van der Waals surface area contributed by atoms with Gasteiger partial charge in [0, 0.05) is 26.2 Å². The molecule has 7 heteroatoms. The topological polar surface area (TPSA) is 84.7 Å². The highest BCUT2D eigenvalue weighted by Crippen LogP contribution is 2.10. The summed E-state index contributed by atoms with van der Waals surface area (Å²) in [5.74, 6) is 0. The van der Waals surface area contributed by atoms with E-state index in [1.54, 1.807) is 0 Å². The Hall–Kier alpha value is -0.990. The zero-order valence-electron chi connectivity index (χ0n) is 10.7. The van der Waals surface area contributed by atoms with E-state index in [4.69, 9.17) is 9.88 Å². The van der Waals surface area contributed by atoms with Crippen LogP contribution in [0.15, 0.2) is 30.3 Å². The first-order chi connectivity index (χ1) is 9.03. The molecule has 6 nitrogen and oxygen atoms in total. The molecule has 106 valence electrons. The average molecular weight is 285 g/mol. The summed E-state index contributed by atoms with van der Waals surface area (Å²) in [6, 6.07) is 10.2. The van der Waals surface area contributed by atoms with Crippen LogP contribution in [0.1, 0.15) is 5.56 Å². The maximum Gasteiger partial charge on any atom is 0.274 e. The van der Waals surface area contributed by atoms with E-state index in [1.165, 1.54) is 5.56 Å². The molecule has 19 heavy (non-hydrogen) atoms. The van der Waals surface area contributed by atoms with Crippen molar-refractivity contribution in [3.63, 3.8) is 0 Å². The van der Waals surface area contributed by atoms with Gasteiger partial charge < -0.3 is 4.74 Å². The first kappa shape index (κ1) is 14.4. The van der Waals surface area contributed by atoms with Crippen molar-refractivity contribution in [3.8, 4) is 0 Å². The summed E-state index contributed by atoms with van der Waals surface area (Å²) < 4.78 is 29.5. The third kappa shape index (κ3) is 5.25. The zero-order chi connectivity index (χ0) is 13.7. The third-order valence-electron chi connectivity index (χ3n) is 2.98. The Labute approximate surface area is 113 Å². The number of nitrogens with zero attached hydrogens (tertiary/aromatic N) is 1. The van der Waals surface area contributed by atoms with Gasteiger partial charge in [-0.25, -0.2) is 5.14 Å². The van der Waals surface area contributed by atoms with E-state index in [9.17, 15) is 8.42 Å². The second-order valence-electron chi connectivity index (χ2n) is 4.61. The van der Waals surface area contributed by atoms with Crippen LogP contribution in [0.4, 0.5) is 0 Å². The fraction of sp³-hybridized carbons (Fsp3) is 0.500. The Balaban J connectivity index is 1.84. The van der Waals surface area contributed by atoms with Crippen molar-refractivity contribution in [1.29, 1.82) is 0 Å². The van der Waals surface area contributed by atoms with E-state index in [2.05, 4.69) is 21.8 Å². The minimum absolute atomic E-state index is 0.157. The van der Waals surface area contributed by atoms with Gasteiger partial charge in [0.25, 0.3) is 10.2 Å². The van der Waals surface area contributed by atoms with Crippen molar-refractivity contribution < 1.29 is 13.2 Å². The van der Waals surface area contributed by atoms with Gasteiger partial charge >= 0.3 is 0 Å². The fourth-order valence-electron chi connectivity index (χ4n) is 2.10. The number of benzene rings is 1. The van der Waals surface area contributed by atoms with Crippen LogP contribution >= 0.6 is 0 Å². The predicted octanol–water partition coefficient (Wildman–Crippen LogP) is -0.319. The fourth-order valence-corrected chi connectivity index (χ4v) is 2.52. The summed E-state index contributed by atoms with van der Waals surface area (Å²) in [7, 11) is -3.65. The van der Waals surface area contributed by atoms with Gasteiger partial charge in [0.05, 0.1) is 12.7 Å². The van der Waals surface area contributed by atoms with Crippen LogP contribution in [0.2, 0.25) is 0 Å². The first-order valence-electron chi connectivity index (χ1n) is 6.18. The Morgan fingerprint density at radius 1 is 1.37 bits per heavy atom. The lowest BCUT2D eigenvalue weighted by Gasteiger charge is -2.32. The largest absolute Gasteiger partial charge is 0.374 e. The Morgan fingerprint density at radius 2 is 2.11 bits per heavy atom. The van der Waals surface area contributed by atoms with Crippen LogP contribution < -0.4 is 9.86 Å². The van der Waals surface area contributed by atoms with Gasteiger partial charge in [-0.1, -0.05) is 30.3 Å². The molecule has 1 aliphatic heterocycles. The Kier molecular flexibility index (Phi) is 4.89. The molecule has 0 saturated carbocycles. The summed E-state index contributed by atoms with van der Waals surface area (Å²) in [4.78, 5) is 2.24. The van der Waals surface area contributed by atoms with Crippen molar-refractivity contribution in [1.82, 2.24) is 9.62 Å². The molecule has 0 aliphatic carbocycles. The molecule has 1 aromatic carbocycles. The normalized spacial score (nSPS) is 21.4. The zero-order valence-corrected chi connectivity index (χ0v) is 11.5. The predicted molar refractivity (Wildman–Crippen MR) is 72.6 cm³/mol. The molecule has 0 amide bonds. The molecule has 3 N–H and O–H groups in total. The molecule has 1 heterocycles. The summed E-state index contributed by atoms with van der Waals surface area (Å²) in [5, 5.41) is 4.90. The number of rotatable bonds is 5. The second kappa shape index (κ2) is 6.44. The number of morpholine rings is 1. The third-order valence-corrected chi connectivity index (χ3v) is 3.55. The van der Waals surface area contributed by atoms with Crippen molar-refractivity contribution in [2.75, 3.05) is 26.2 Å². The van der Waals surface area contributed by atoms with Gasteiger partial charge in [-0.3, -0.25) is 4.90 Å². The molecular weight excluding hydrogens is 266 g/mol. The van der Waals surface area contributed by atoms with Gasteiger partial charge in [-0.05, 0) is 5.56 Å². The Bertz CT molecular complexity index is 492.